The molecular formula is C12H12BrF2N3. The van der Waals surface area contributed by atoms with Gasteiger partial charge in [-0.1, -0.05) is 0 Å². The highest BCUT2D eigenvalue weighted by Crippen LogP contribution is 2.26. The van der Waals surface area contributed by atoms with Gasteiger partial charge < -0.3 is 9.88 Å². The Morgan fingerprint density at radius 2 is 2.17 bits per heavy atom. The maximum absolute atomic E-state index is 13.5. The number of aryl methyl sites for hydroxylation is 1. The summed E-state index contributed by atoms with van der Waals surface area (Å²) in [6.45, 7) is 1.40. The second kappa shape index (κ2) is 5.95. The second-order valence-corrected chi connectivity index (χ2v) is 4.68. The zero-order valence-corrected chi connectivity index (χ0v) is 11.1. The molecule has 3 nitrogen and oxygen atoms in total. The minimum Gasteiger partial charge on any atom is -0.382 e. The Morgan fingerprint density at radius 3 is 2.83 bits per heavy atom. The number of benzene rings is 1. The number of anilines is 1. The predicted octanol–water partition coefficient (Wildman–Crippen LogP) is 3.43. The van der Waals surface area contributed by atoms with Crippen LogP contribution in [0.4, 0.5) is 14.5 Å². The van der Waals surface area contributed by atoms with Crippen molar-refractivity contribution in [3.8, 4) is 0 Å². The van der Waals surface area contributed by atoms with Crippen LogP contribution in [-0.2, 0) is 6.54 Å². The molecule has 0 radical (unpaired) electrons. The number of aromatic nitrogens is 2. The summed E-state index contributed by atoms with van der Waals surface area (Å²) in [5.74, 6) is -1.19. The fourth-order valence-corrected chi connectivity index (χ4v) is 2.15. The van der Waals surface area contributed by atoms with Crippen molar-refractivity contribution >= 4 is 21.6 Å². The molecule has 18 heavy (non-hydrogen) atoms. The van der Waals surface area contributed by atoms with Crippen molar-refractivity contribution in [3.05, 3.63) is 47.0 Å². The van der Waals surface area contributed by atoms with Crippen LogP contribution in [-0.4, -0.2) is 16.1 Å². The van der Waals surface area contributed by atoms with Crippen LogP contribution in [0, 0.1) is 11.6 Å². The molecule has 0 saturated carbocycles. The molecule has 6 heteroatoms. The fourth-order valence-electron chi connectivity index (χ4n) is 1.61. The minimum absolute atomic E-state index is 0.294. The van der Waals surface area contributed by atoms with E-state index in [0.29, 0.717) is 16.7 Å². The van der Waals surface area contributed by atoms with Crippen molar-refractivity contribution in [1.82, 2.24) is 9.55 Å². The first-order valence-electron chi connectivity index (χ1n) is 5.51. The van der Waals surface area contributed by atoms with Crippen molar-refractivity contribution < 1.29 is 8.78 Å². The SMILES string of the molecule is Fc1cc(F)c(NCCCn2ccnc2)c(Br)c1. The van der Waals surface area contributed by atoms with Gasteiger partial charge in [0.15, 0.2) is 0 Å². The summed E-state index contributed by atoms with van der Waals surface area (Å²) in [6.07, 6.45) is 6.13. The van der Waals surface area contributed by atoms with Gasteiger partial charge in [0.25, 0.3) is 0 Å². The van der Waals surface area contributed by atoms with Gasteiger partial charge in [-0.05, 0) is 28.4 Å². The normalized spacial score (nSPS) is 10.6. The molecule has 0 atom stereocenters. The first kappa shape index (κ1) is 13.0. The molecule has 1 aromatic heterocycles. The lowest BCUT2D eigenvalue weighted by Gasteiger charge is -2.10. The van der Waals surface area contributed by atoms with Crippen molar-refractivity contribution in [2.24, 2.45) is 0 Å². The van der Waals surface area contributed by atoms with E-state index >= 15 is 0 Å². The molecule has 0 bridgehead atoms. The lowest BCUT2D eigenvalue weighted by molar-refractivity contribution is 0.582. The van der Waals surface area contributed by atoms with Gasteiger partial charge in [0.1, 0.15) is 11.6 Å². The van der Waals surface area contributed by atoms with Gasteiger partial charge >= 0.3 is 0 Å². The van der Waals surface area contributed by atoms with Crippen LogP contribution in [0.2, 0.25) is 0 Å². The number of nitrogens with one attached hydrogen (secondary N) is 1. The van der Waals surface area contributed by atoms with Gasteiger partial charge in [-0.3, -0.25) is 0 Å². The third kappa shape index (κ3) is 3.29. The number of hydrogen-bond acceptors (Lipinski definition) is 2. The van der Waals surface area contributed by atoms with E-state index in [1.165, 1.54) is 6.07 Å². The van der Waals surface area contributed by atoms with E-state index < -0.39 is 11.6 Å². The minimum atomic E-state index is -0.594. The van der Waals surface area contributed by atoms with Crippen molar-refractivity contribution in [2.45, 2.75) is 13.0 Å². The van der Waals surface area contributed by atoms with Crippen LogP contribution in [0.3, 0.4) is 0 Å². The van der Waals surface area contributed by atoms with E-state index in [2.05, 4.69) is 26.2 Å². The molecule has 2 aromatic rings. The summed E-state index contributed by atoms with van der Waals surface area (Å²) in [7, 11) is 0. The summed E-state index contributed by atoms with van der Waals surface area (Å²) in [5.41, 5.74) is 0.294. The highest BCUT2D eigenvalue weighted by atomic mass is 79.9. The Kier molecular flexibility index (Phi) is 4.30. The molecule has 1 N–H and O–H groups in total. The Balaban J connectivity index is 1.87. The number of hydrogen-bond donors (Lipinski definition) is 1. The Bertz CT molecular complexity index is 491. The van der Waals surface area contributed by atoms with Crippen LogP contribution in [0.1, 0.15) is 6.42 Å². The quantitative estimate of drug-likeness (QED) is 0.857. The number of imidazole rings is 1. The zero-order valence-electron chi connectivity index (χ0n) is 9.54. The molecule has 1 heterocycles. The molecule has 0 fully saturated rings. The summed E-state index contributed by atoms with van der Waals surface area (Å²) >= 11 is 3.13. The molecule has 0 saturated heterocycles. The van der Waals surface area contributed by atoms with Crippen LogP contribution in [0.5, 0.6) is 0 Å². The molecular weight excluding hydrogens is 304 g/mol. The van der Waals surface area contributed by atoms with Gasteiger partial charge in [0.05, 0.1) is 12.0 Å². The summed E-state index contributed by atoms with van der Waals surface area (Å²) in [5, 5.41) is 2.95. The van der Waals surface area contributed by atoms with Gasteiger partial charge in [-0.25, -0.2) is 13.8 Å². The first-order valence-corrected chi connectivity index (χ1v) is 6.30. The molecule has 0 amide bonds. The Morgan fingerprint density at radius 1 is 1.33 bits per heavy atom. The molecule has 0 unspecified atom stereocenters. The Labute approximate surface area is 112 Å². The van der Waals surface area contributed by atoms with E-state index in [0.717, 1.165) is 19.0 Å². The van der Waals surface area contributed by atoms with E-state index in [4.69, 9.17) is 0 Å². The van der Waals surface area contributed by atoms with Gasteiger partial charge in [0, 0.05) is 36.0 Å². The molecule has 0 spiro atoms. The van der Waals surface area contributed by atoms with Crippen LogP contribution in [0.25, 0.3) is 0 Å². The molecule has 0 aliphatic heterocycles. The highest BCUT2D eigenvalue weighted by Gasteiger charge is 2.08. The first-order chi connectivity index (χ1) is 8.66. The molecule has 1 aromatic carbocycles. The van der Waals surface area contributed by atoms with Crippen LogP contribution in [0.15, 0.2) is 35.3 Å². The molecule has 0 aliphatic rings. The average Bonchev–Trinajstić information content (AvgIpc) is 2.79. The second-order valence-electron chi connectivity index (χ2n) is 3.83. The molecule has 96 valence electrons. The monoisotopic (exact) mass is 315 g/mol. The Hall–Kier alpha value is -1.43. The van der Waals surface area contributed by atoms with Crippen molar-refractivity contribution in [2.75, 3.05) is 11.9 Å². The standard InChI is InChI=1S/C12H12BrF2N3/c13-10-6-9(14)7-11(15)12(10)17-2-1-4-18-5-3-16-8-18/h3,5-8,17H,1-2,4H2. The fraction of sp³-hybridized carbons (Fsp3) is 0.250. The van der Waals surface area contributed by atoms with E-state index in [9.17, 15) is 8.78 Å². The highest BCUT2D eigenvalue weighted by molar-refractivity contribution is 9.10. The summed E-state index contributed by atoms with van der Waals surface area (Å²) < 4.78 is 28.7. The van der Waals surface area contributed by atoms with Gasteiger partial charge in [-0.2, -0.15) is 0 Å². The topological polar surface area (TPSA) is 29.9 Å². The van der Waals surface area contributed by atoms with E-state index in [1.807, 2.05) is 10.8 Å². The lowest BCUT2D eigenvalue weighted by Crippen LogP contribution is -2.07. The van der Waals surface area contributed by atoms with E-state index in [1.54, 1.807) is 12.5 Å². The lowest BCUT2D eigenvalue weighted by atomic mass is 10.3. The van der Waals surface area contributed by atoms with Crippen molar-refractivity contribution in [1.29, 1.82) is 0 Å². The average molecular weight is 316 g/mol. The van der Waals surface area contributed by atoms with Crippen molar-refractivity contribution in [3.63, 3.8) is 0 Å². The number of nitrogens with zero attached hydrogens (tertiary/aromatic N) is 2. The summed E-state index contributed by atoms with van der Waals surface area (Å²) in [4.78, 5) is 3.93. The molecule has 0 aliphatic carbocycles. The maximum Gasteiger partial charge on any atom is 0.150 e. The third-order valence-electron chi connectivity index (χ3n) is 2.46. The largest absolute Gasteiger partial charge is 0.382 e. The molecule has 2 rings (SSSR count). The van der Waals surface area contributed by atoms with Crippen LogP contribution >= 0.6 is 15.9 Å². The van der Waals surface area contributed by atoms with Gasteiger partial charge in [0.2, 0.25) is 0 Å². The van der Waals surface area contributed by atoms with Crippen LogP contribution < -0.4 is 5.32 Å². The number of rotatable bonds is 5. The maximum atomic E-state index is 13.5. The predicted molar refractivity (Wildman–Crippen MR) is 69.4 cm³/mol. The van der Waals surface area contributed by atoms with Gasteiger partial charge in [-0.15, -0.1) is 0 Å². The summed E-state index contributed by atoms with van der Waals surface area (Å²) in [6, 6.07) is 2.10. The van der Waals surface area contributed by atoms with E-state index in [-0.39, 0.29) is 0 Å². The smallest absolute Gasteiger partial charge is 0.150 e. The number of halogens is 3. The third-order valence-corrected chi connectivity index (χ3v) is 3.09. The zero-order chi connectivity index (χ0) is 13.0.